The molecule has 2 aromatic carbocycles. The fourth-order valence-corrected chi connectivity index (χ4v) is 2.76. The smallest absolute Gasteiger partial charge is 0.335 e. The quantitative estimate of drug-likeness (QED) is 0.760. The average molecular weight is 355 g/mol. The normalized spacial score (nSPS) is 14.3. The van der Waals surface area contributed by atoms with E-state index in [1.54, 1.807) is 6.07 Å². The van der Waals surface area contributed by atoms with Crippen molar-refractivity contribution in [1.82, 2.24) is 5.32 Å². The predicted molar refractivity (Wildman–Crippen MR) is 95.7 cm³/mol. The highest BCUT2D eigenvalue weighted by atomic mass is 16.5. The molecule has 0 saturated heterocycles. The van der Waals surface area contributed by atoms with E-state index < -0.39 is 11.6 Å². The summed E-state index contributed by atoms with van der Waals surface area (Å²) in [4.78, 5) is 23.5. The number of hydrogen-bond acceptors (Lipinski definition) is 4. The van der Waals surface area contributed by atoms with E-state index in [0.717, 1.165) is 5.56 Å². The first kappa shape index (κ1) is 17.8. The summed E-state index contributed by atoms with van der Waals surface area (Å²) in [6, 6.07) is 14.0. The van der Waals surface area contributed by atoms with Gasteiger partial charge in [0, 0.05) is 19.4 Å². The minimum atomic E-state index is -1.00. The van der Waals surface area contributed by atoms with E-state index in [9.17, 15) is 9.59 Å². The van der Waals surface area contributed by atoms with Crippen LogP contribution in [0.4, 0.5) is 0 Å². The molecule has 1 saturated carbocycles. The number of hydrogen-bond donors (Lipinski definition) is 2. The van der Waals surface area contributed by atoms with Crippen LogP contribution in [0.5, 0.6) is 11.5 Å². The monoisotopic (exact) mass is 355 g/mol. The Kier molecular flexibility index (Phi) is 5.11. The Morgan fingerprint density at radius 1 is 1.15 bits per heavy atom. The number of carbonyl (C=O) groups is 2. The van der Waals surface area contributed by atoms with E-state index in [0.29, 0.717) is 37.3 Å². The maximum Gasteiger partial charge on any atom is 0.335 e. The van der Waals surface area contributed by atoms with Gasteiger partial charge in [-0.2, -0.15) is 0 Å². The summed E-state index contributed by atoms with van der Waals surface area (Å²) < 4.78 is 11.1. The zero-order chi connectivity index (χ0) is 18.6. The molecule has 136 valence electrons. The number of para-hydroxylation sites is 1. The summed E-state index contributed by atoms with van der Waals surface area (Å²) >= 11 is 0. The highest BCUT2D eigenvalue weighted by Crippen LogP contribution is 2.40. The molecule has 2 aromatic rings. The molecule has 3 rings (SSSR count). The van der Waals surface area contributed by atoms with Crippen molar-refractivity contribution in [2.45, 2.75) is 24.9 Å². The van der Waals surface area contributed by atoms with Gasteiger partial charge in [-0.3, -0.25) is 4.79 Å². The molecular weight excluding hydrogens is 334 g/mol. The molecule has 0 aliphatic heterocycles. The number of aromatic carboxylic acids is 1. The van der Waals surface area contributed by atoms with E-state index in [1.165, 1.54) is 19.2 Å². The van der Waals surface area contributed by atoms with Gasteiger partial charge in [-0.05, 0) is 36.2 Å². The van der Waals surface area contributed by atoms with Crippen molar-refractivity contribution >= 4 is 11.9 Å². The lowest BCUT2D eigenvalue weighted by Crippen LogP contribution is -2.41. The van der Waals surface area contributed by atoms with Gasteiger partial charge in [0.25, 0.3) is 5.91 Å². The van der Waals surface area contributed by atoms with Gasteiger partial charge < -0.3 is 19.9 Å². The number of amides is 1. The third kappa shape index (κ3) is 3.96. The molecule has 0 spiro atoms. The standard InChI is InChI=1S/C20H21NO5/c1-25-17-13-15(18(22)23)8-7-14(17)9-12-21-19(24)20(10-11-20)26-16-5-3-2-4-6-16/h2-8,13H,9-12H2,1H3,(H,21,24)(H,22,23). The summed E-state index contributed by atoms with van der Waals surface area (Å²) in [7, 11) is 1.50. The van der Waals surface area contributed by atoms with E-state index in [4.69, 9.17) is 14.6 Å². The Morgan fingerprint density at radius 3 is 2.50 bits per heavy atom. The summed E-state index contributed by atoms with van der Waals surface area (Å²) in [5.41, 5.74) is 0.243. The molecule has 0 radical (unpaired) electrons. The van der Waals surface area contributed by atoms with Gasteiger partial charge in [-0.25, -0.2) is 4.79 Å². The second kappa shape index (κ2) is 7.47. The van der Waals surface area contributed by atoms with Crippen molar-refractivity contribution in [1.29, 1.82) is 0 Å². The number of rotatable bonds is 8. The van der Waals surface area contributed by atoms with Crippen LogP contribution in [0.15, 0.2) is 48.5 Å². The first-order valence-electron chi connectivity index (χ1n) is 8.47. The Labute approximate surface area is 151 Å². The van der Waals surface area contributed by atoms with E-state index in [-0.39, 0.29) is 11.5 Å². The summed E-state index contributed by atoms with van der Waals surface area (Å²) in [5, 5.41) is 11.9. The van der Waals surface area contributed by atoms with E-state index in [2.05, 4.69) is 5.32 Å². The Hall–Kier alpha value is -3.02. The third-order valence-electron chi connectivity index (χ3n) is 4.39. The minimum absolute atomic E-state index is 0.123. The van der Waals surface area contributed by atoms with Crippen molar-refractivity contribution in [2.24, 2.45) is 0 Å². The molecule has 1 fully saturated rings. The van der Waals surface area contributed by atoms with Gasteiger partial charge in [0.1, 0.15) is 11.5 Å². The van der Waals surface area contributed by atoms with Crippen LogP contribution in [-0.2, 0) is 11.2 Å². The lowest BCUT2D eigenvalue weighted by Gasteiger charge is -2.18. The van der Waals surface area contributed by atoms with Gasteiger partial charge in [0.05, 0.1) is 12.7 Å². The van der Waals surface area contributed by atoms with Crippen LogP contribution < -0.4 is 14.8 Å². The lowest BCUT2D eigenvalue weighted by atomic mass is 10.1. The molecule has 26 heavy (non-hydrogen) atoms. The number of ether oxygens (including phenoxy) is 2. The molecule has 0 aromatic heterocycles. The largest absolute Gasteiger partial charge is 0.496 e. The van der Waals surface area contributed by atoms with Crippen molar-refractivity contribution < 1.29 is 24.2 Å². The van der Waals surface area contributed by atoms with Crippen molar-refractivity contribution in [2.75, 3.05) is 13.7 Å². The van der Waals surface area contributed by atoms with Gasteiger partial charge >= 0.3 is 5.97 Å². The molecule has 1 aliphatic rings. The van der Waals surface area contributed by atoms with Gasteiger partial charge in [0.2, 0.25) is 0 Å². The van der Waals surface area contributed by atoms with Crippen LogP contribution in [0, 0.1) is 0 Å². The molecule has 0 bridgehead atoms. The van der Waals surface area contributed by atoms with Gasteiger partial charge in [-0.1, -0.05) is 24.3 Å². The highest BCUT2D eigenvalue weighted by molar-refractivity contribution is 5.89. The molecule has 6 nitrogen and oxygen atoms in total. The zero-order valence-corrected chi connectivity index (χ0v) is 14.5. The fourth-order valence-electron chi connectivity index (χ4n) is 2.76. The van der Waals surface area contributed by atoms with Crippen LogP contribution >= 0.6 is 0 Å². The van der Waals surface area contributed by atoms with E-state index in [1.807, 2.05) is 30.3 Å². The summed E-state index contributed by atoms with van der Waals surface area (Å²) in [6.45, 7) is 0.418. The number of carboxylic acids is 1. The molecule has 2 N–H and O–H groups in total. The Morgan fingerprint density at radius 2 is 1.88 bits per heavy atom. The molecule has 6 heteroatoms. The van der Waals surface area contributed by atoms with Crippen LogP contribution in [0.3, 0.4) is 0 Å². The molecule has 1 amide bonds. The van der Waals surface area contributed by atoms with Crippen LogP contribution in [0.2, 0.25) is 0 Å². The maximum atomic E-state index is 12.5. The number of benzene rings is 2. The van der Waals surface area contributed by atoms with Crippen molar-refractivity contribution in [3.63, 3.8) is 0 Å². The lowest BCUT2D eigenvalue weighted by molar-refractivity contribution is -0.129. The SMILES string of the molecule is COc1cc(C(=O)O)ccc1CCNC(=O)C1(Oc2ccccc2)CC1. The predicted octanol–water partition coefficient (Wildman–Crippen LogP) is 2.66. The van der Waals surface area contributed by atoms with Crippen LogP contribution in [-0.4, -0.2) is 36.2 Å². The molecule has 0 unspecified atom stereocenters. The Balaban J connectivity index is 1.56. The second-order valence-electron chi connectivity index (χ2n) is 6.25. The fraction of sp³-hybridized carbons (Fsp3) is 0.300. The Bertz CT molecular complexity index is 799. The molecular formula is C20H21NO5. The molecule has 0 atom stereocenters. The molecule has 0 heterocycles. The number of nitrogens with one attached hydrogen (secondary N) is 1. The highest BCUT2D eigenvalue weighted by Gasteiger charge is 2.52. The third-order valence-corrected chi connectivity index (χ3v) is 4.39. The topological polar surface area (TPSA) is 84.9 Å². The number of carboxylic acid groups (broad SMARTS) is 1. The van der Waals surface area contributed by atoms with Crippen molar-refractivity contribution in [3.8, 4) is 11.5 Å². The van der Waals surface area contributed by atoms with Crippen molar-refractivity contribution in [3.05, 3.63) is 59.7 Å². The minimum Gasteiger partial charge on any atom is -0.496 e. The number of methoxy groups -OCH3 is 1. The number of carbonyl (C=O) groups excluding carboxylic acids is 1. The first-order chi connectivity index (χ1) is 12.5. The van der Waals surface area contributed by atoms with Crippen LogP contribution in [0.25, 0.3) is 0 Å². The maximum absolute atomic E-state index is 12.5. The average Bonchev–Trinajstić information content (AvgIpc) is 3.43. The van der Waals surface area contributed by atoms with Gasteiger partial charge in [0.15, 0.2) is 5.60 Å². The van der Waals surface area contributed by atoms with Crippen LogP contribution in [0.1, 0.15) is 28.8 Å². The van der Waals surface area contributed by atoms with Gasteiger partial charge in [-0.15, -0.1) is 0 Å². The first-order valence-corrected chi connectivity index (χ1v) is 8.47. The van der Waals surface area contributed by atoms with E-state index >= 15 is 0 Å². The zero-order valence-electron chi connectivity index (χ0n) is 14.5. The molecule has 1 aliphatic carbocycles. The summed E-state index contributed by atoms with van der Waals surface area (Å²) in [5.74, 6) is 0.0614. The summed E-state index contributed by atoms with van der Waals surface area (Å²) in [6.07, 6.45) is 1.94. The second-order valence-corrected chi connectivity index (χ2v) is 6.25.